The molecule has 9 nitrogen and oxygen atoms in total. The molecule has 1 heterocycles. The van der Waals surface area contributed by atoms with Crippen LogP contribution in [0.5, 0.6) is 23.0 Å². The zero-order chi connectivity index (χ0) is 38.5. The van der Waals surface area contributed by atoms with E-state index in [1.807, 2.05) is 0 Å². The normalized spacial score (nSPS) is 10.9. The summed E-state index contributed by atoms with van der Waals surface area (Å²) in [4.78, 5) is 30.0. The Kier molecular flexibility index (Phi) is 16.8. The maximum Gasteiger partial charge on any atom is 0.343 e. The van der Waals surface area contributed by atoms with Crippen molar-refractivity contribution in [2.45, 2.75) is 104 Å². The van der Waals surface area contributed by atoms with Gasteiger partial charge in [-0.3, -0.25) is 0 Å². The SMILES string of the molecule is CCCCCCCCCOc1ccc(C(=O)Oc2ccc(-c3noc(-c4ccc(OC(=O)c5ccc(OCCCCCCCCC)cc5)cc4)n3)cc2)cc1. The highest BCUT2D eigenvalue weighted by atomic mass is 16.5. The van der Waals surface area contributed by atoms with Crippen LogP contribution in [0.1, 0.15) is 124 Å². The van der Waals surface area contributed by atoms with Crippen LogP contribution in [0.15, 0.2) is 102 Å². The van der Waals surface area contributed by atoms with Gasteiger partial charge in [-0.2, -0.15) is 4.98 Å². The van der Waals surface area contributed by atoms with Gasteiger partial charge in [0.1, 0.15) is 23.0 Å². The smallest absolute Gasteiger partial charge is 0.343 e. The van der Waals surface area contributed by atoms with Crippen molar-refractivity contribution in [3.8, 4) is 45.8 Å². The van der Waals surface area contributed by atoms with E-state index in [9.17, 15) is 9.59 Å². The molecule has 55 heavy (non-hydrogen) atoms. The van der Waals surface area contributed by atoms with E-state index in [4.69, 9.17) is 23.5 Å². The Morgan fingerprint density at radius 3 is 1.29 bits per heavy atom. The number of hydrogen-bond donors (Lipinski definition) is 0. The Balaban J connectivity index is 1.03. The number of nitrogens with zero attached hydrogens (tertiary/aromatic N) is 2. The molecule has 0 atom stereocenters. The van der Waals surface area contributed by atoms with E-state index in [0.29, 0.717) is 58.7 Å². The lowest BCUT2D eigenvalue weighted by Gasteiger charge is -2.08. The monoisotopic (exact) mass is 746 g/mol. The van der Waals surface area contributed by atoms with Crippen molar-refractivity contribution in [3.63, 3.8) is 0 Å². The molecule has 0 spiro atoms. The Bertz CT molecular complexity index is 1720. The van der Waals surface area contributed by atoms with Crippen molar-refractivity contribution in [1.82, 2.24) is 10.1 Å². The fourth-order valence-electron chi connectivity index (χ4n) is 6.00. The summed E-state index contributed by atoms with van der Waals surface area (Å²) in [6.45, 7) is 5.79. The Morgan fingerprint density at radius 2 is 0.855 bits per heavy atom. The molecule has 0 aliphatic carbocycles. The topological polar surface area (TPSA) is 110 Å². The van der Waals surface area contributed by atoms with E-state index in [0.717, 1.165) is 24.3 Å². The first-order valence-electron chi connectivity index (χ1n) is 20.0. The summed E-state index contributed by atoms with van der Waals surface area (Å²) in [5, 5.41) is 4.11. The Morgan fingerprint density at radius 1 is 0.473 bits per heavy atom. The highest BCUT2D eigenvalue weighted by molar-refractivity contribution is 5.91. The lowest BCUT2D eigenvalue weighted by Crippen LogP contribution is -2.08. The summed E-state index contributed by atoms with van der Waals surface area (Å²) in [6, 6.07) is 27.8. The van der Waals surface area contributed by atoms with Gasteiger partial charge in [0.05, 0.1) is 24.3 Å². The van der Waals surface area contributed by atoms with E-state index in [2.05, 4.69) is 24.0 Å². The lowest BCUT2D eigenvalue weighted by atomic mass is 10.1. The highest BCUT2D eigenvalue weighted by Gasteiger charge is 2.14. The number of benzene rings is 4. The molecule has 0 unspecified atom stereocenters. The van der Waals surface area contributed by atoms with Gasteiger partial charge in [-0.1, -0.05) is 96.1 Å². The van der Waals surface area contributed by atoms with Crippen molar-refractivity contribution in [2.75, 3.05) is 13.2 Å². The van der Waals surface area contributed by atoms with Gasteiger partial charge >= 0.3 is 11.9 Å². The van der Waals surface area contributed by atoms with Gasteiger partial charge < -0.3 is 23.5 Å². The third-order valence-corrected chi connectivity index (χ3v) is 9.27. The second-order valence-corrected chi connectivity index (χ2v) is 13.7. The molecule has 0 amide bonds. The summed E-state index contributed by atoms with van der Waals surface area (Å²) in [5.74, 6) is 2.03. The minimum absolute atomic E-state index is 0.310. The number of unbranched alkanes of at least 4 members (excludes halogenated alkanes) is 12. The fourth-order valence-corrected chi connectivity index (χ4v) is 6.00. The summed E-state index contributed by atoms with van der Waals surface area (Å²) in [5.41, 5.74) is 2.23. The molecule has 290 valence electrons. The van der Waals surface area contributed by atoms with Crippen LogP contribution in [0.3, 0.4) is 0 Å². The summed E-state index contributed by atoms with van der Waals surface area (Å²) in [6.07, 6.45) is 17.2. The average molecular weight is 747 g/mol. The quantitative estimate of drug-likeness (QED) is 0.0346. The van der Waals surface area contributed by atoms with E-state index in [1.54, 1.807) is 97.1 Å². The first-order valence-corrected chi connectivity index (χ1v) is 20.0. The zero-order valence-electron chi connectivity index (χ0n) is 32.3. The minimum Gasteiger partial charge on any atom is -0.494 e. The van der Waals surface area contributed by atoms with Crippen LogP contribution < -0.4 is 18.9 Å². The summed E-state index contributed by atoms with van der Waals surface area (Å²) in [7, 11) is 0. The molecule has 9 heteroatoms. The molecule has 1 aromatic heterocycles. The second kappa shape index (κ2) is 22.7. The number of esters is 2. The first kappa shape index (κ1) is 40.7. The van der Waals surface area contributed by atoms with Crippen LogP contribution in [0.25, 0.3) is 22.8 Å². The Labute approximate surface area is 325 Å². The number of carbonyl (C=O) groups excluding carboxylic acids is 2. The number of rotatable bonds is 24. The van der Waals surface area contributed by atoms with Gasteiger partial charge in [0.25, 0.3) is 5.89 Å². The number of aromatic nitrogens is 2. The van der Waals surface area contributed by atoms with E-state index in [-0.39, 0.29) is 0 Å². The maximum absolute atomic E-state index is 12.8. The van der Waals surface area contributed by atoms with Gasteiger partial charge in [-0.25, -0.2) is 9.59 Å². The minimum atomic E-state index is -0.461. The molecule has 0 saturated heterocycles. The summed E-state index contributed by atoms with van der Waals surface area (Å²) < 4.78 is 28.3. The maximum atomic E-state index is 12.8. The molecule has 0 radical (unpaired) electrons. The van der Waals surface area contributed by atoms with Gasteiger partial charge in [0, 0.05) is 11.1 Å². The molecule has 0 aliphatic rings. The van der Waals surface area contributed by atoms with Gasteiger partial charge in [-0.15, -0.1) is 0 Å². The van der Waals surface area contributed by atoms with Crippen molar-refractivity contribution >= 4 is 11.9 Å². The van der Waals surface area contributed by atoms with Crippen molar-refractivity contribution in [1.29, 1.82) is 0 Å². The predicted octanol–water partition coefficient (Wildman–Crippen LogP) is 12.1. The third-order valence-electron chi connectivity index (χ3n) is 9.27. The Hall–Kier alpha value is -5.44. The first-order chi connectivity index (χ1) is 27.0. The van der Waals surface area contributed by atoms with Crippen molar-refractivity contribution < 1.29 is 33.1 Å². The van der Waals surface area contributed by atoms with E-state index >= 15 is 0 Å². The zero-order valence-corrected chi connectivity index (χ0v) is 32.3. The molecule has 0 aliphatic heterocycles. The van der Waals surface area contributed by atoms with Crippen LogP contribution >= 0.6 is 0 Å². The number of ether oxygens (including phenoxy) is 4. The van der Waals surface area contributed by atoms with Crippen LogP contribution in [0.2, 0.25) is 0 Å². The van der Waals surface area contributed by atoms with Crippen molar-refractivity contribution in [2.24, 2.45) is 0 Å². The van der Waals surface area contributed by atoms with Crippen LogP contribution in [-0.4, -0.2) is 35.3 Å². The van der Waals surface area contributed by atoms with Gasteiger partial charge in [0.2, 0.25) is 5.82 Å². The van der Waals surface area contributed by atoms with E-state index < -0.39 is 11.9 Å². The molecule has 5 aromatic rings. The second-order valence-electron chi connectivity index (χ2n) is 13.7. The van der Waals surface area contributed by atoms with Gasteiger partial charge in [0.15, 0.2) is 0 Å². The number of hydrogen-bond acceptors (Lipinski definition) is 9. The molecule has 0 fully saturated rings. The van der Waals surface area contributed by atoms with Crippen LogP contribution in [0.4, 0.5) is 0 Å². The largest absolute Gasteiger partial charge is 0.494 e. The molecule has 0 N–H and O–H groups in total. The summed E-state index contributed by atoms with van der Waals surface area (Å²) >= 11 is 0. The standard InChI is InChI=1S/C46H54N2O7/c1-3-5-7-9-11-13-15-33-51-39-25-21-37(22-26-39)45(49)53-41-29-17-35(18-30-41)43-47-44(55-48-43)36-19-31-42(32-20-36)54-46(50)38-23-27-40(28-24-38)52-34-16-14-12-10-8-6-4-2/h17-32H,3-16,33-34H2,1-2H3. The average Bonchev–Trinajstić information content (AvgIpc) is 3.71. The predicted molar refractivity (Wildman–Crippen MR) is 215 cm³/mol. The fraction of sp³-hybridized carbons (Fsp3) is 0.391. The highest BCUT2D eigenvalue weighted by Crippen LogP contribution is 2.27. The molecule has 5 rings (SSSR count). The molecule has 4 aromatic carbocycles. The van der Waals surface area contributed by atoms with Gasteiger partial charge in [-0.05, 0) is 110 Å². The molecular weight excluding hydrogens is 693 g/mol. The number of carbonyl (C=O) groups is 2. The van der Waals surface area contributed by atoms with E-state index in [1.165, 1.54) is 77.0 Å². The molecule has 0 saturated carbocycles. The lowest BCUT2D eigenvalue weighted by molar-refractivity contribution is 0.0725. The van der Waals surface area contributed by atoms with Crippen molar-refractivity contribution in [3.05, 3.63) is 108 Å². The third kappa shape index (κ3) is 13.7. The van der Waals surface area contributed by atoms with Crippen LogP contribution in [0, 0.1) is 0 Å². The van der Waals surface area contributed by atoms with Crippen LogP contribution in [-0.2, 0) is 0 Å². The molecular formula is C46H54N2O7. The molecule has 0 bridgehead atoms.